The number of amides is 1. The van der Waals surface area contributed by atoms with E-state index < -0.39 is 0 Å². The van der Waals surface area contributed by atoms with E-state index in [4.69, 9.17) is 4.74 Å². The summed E-state index contributed by atoms with van der Waals surface area (Å²) < 4.78 is 5.09. The maximum Gasteiger partial charge on any atom is 0.254 e. The molecule has 3 rings (SSSR count). The zero-order valence-corrected chi connectivity index (χ0v) is 14.2. The summed E-state index contributed by atoms with van der Waals surface area (Å²) in [7, 11) is 1.54. The van der Waals surface area contributed by atoms with Crippen LogP contribution in [0, 0.1) is 13.8 Å². The van der Waals surface area contributed by atoms with Gasteiger partial charge in [0.15, 0.2) is 0 Å². The lowest BCUT2D eigenvalue weighted by Gasteiger charge is -2.36. The Kier molecular flexibility index (Phi) is 4.59. The molecule has 1 aliphatic heterocycles. The highest BCUT2D eigenvalue weighted by molar-refractivity contribution is 5.94. The molecule has 0 atom stereocenters. The molecular weight excluding hydrogens is 306 g/mol. The molecule has 0 bridgehead atoms. The Morgan fingerprint density at radius 1 is 1.12 bits per heavy atom. The van der Waals surface area contributed by atoms with Gasteiger partial charge in [0.2, 0.25) is 5.88 Å². The minimum Gasteiger partial charge on any atom is -0.481 e. The van der Waals surface area contributed by atoms with E-state index in [0.29, 0.717) is 24.5 Å². The maximum atomic E-state index is 12.6. The van der Waals surface area contributed by atoms with Gasteiger partial charge in [0, 0.05) is 55.3 Å². The first-order valence-electron chi connectivity index (χ1n) is 7.92. The quantitative estimate of drug-likeness (QED) is 0.850. The second-order valence-electron chi connectivity index (χ2n) is 5.77. The molecule has 0 unspecified atom stereocenters. The summed E-state index contributed by atoms with van der Waals surface area (Å²) in [6.45, 7) is 6.84. The molecule has 0 aliphatic carbocycles. The number of hydrogen-bond donors (Lipinski definition) is 0. The van der Waals surface area contributed by atoms with E-state index in [0.717, 1.165) is 30.2 Å². The smallest absolute Gasteiger partial charge is 0.254 e. The molecule has 1 amide bonds. The number of pyridine rings is 1. The summed E-state index contributed by atoms with van der Waals surface area (Å²) in [5, 5.41) is 0. The van der Waals surface area contributed by atoms with Crippen molar-refractivity contribution in [3.63, 3.8) is 0 Å². The second kappa shape index (κ2) is 6.82. The fraction of sp³-hybridized carbons (Fsp3) is 0.412. The molecule has 7 heteroatoms. The molecule has 0 N–H and O–H groups in total. The monoisotopic (exact) mass is 327 g/mol. The highest BCUT2D eigenvalue weighted by atomic mass is 16.5. The molecule has 2 aromatic rings. The molecule has 7 nitrogen and oxygen atoms in total. The van der Waals surface area contributed by atoms with Crippen molar-refractivity contribution >= 4 is 11.7 Å². The topological polar surface area (TPSA) is 71.5 Å². The third-order valence-corrected chi connectivity index (χ3v) is 4.37. The van der Waals surface area contributed by atoms with Crippen LogP contribution in [0.4, 0.5) is 5.82 Å². The lowest BCUT2D eigenvalue weighted by atomic mass is 10.2. The summed E-state index contributed by atoms with van der Waals surface area (Å²) in [5.74, 6) is 1.41. The van der Waals surface area contributed by atoms with Gasteiger partial charge in [-0.05, 0) is 19.9 Å². The summed E-state index contributed by atoms with van der Waals surface area (Å²) in [5.41, 5.74) is 2.68. The summed E-state index contributed by atoms with van der Waals surface area (Å²) in [6.07, 6.45) is 3.19. The van der Waals surface area contributed by atoms with Crippen molar-refractivity contribution in [2.75, 3.05) is 38.2 Å². The first-order valence-corrected chi connectivity index (χ1v) is 7.92. The predicted octanol–water partition coefficient (Wildman–Crippen LogP) is 1.46. The molecule has 0 aromatic carbocycles. The Labute approximate surface area is 141 Å². The lowest BCUT2D eigenvalue weighted by Crippen LogP contribution is -2.49. The molecule has 0 spiro atoms. The Bertz CT molecular complexity index is 742. The normalized spacial score (nSPS) is 14.6. The van der Waals surface area contributed by atoms with Gasteiger partial charge < -0.3 is 14.5 Å². The van der Waals surface area contributed by atoms with Crippen LogP contribution in [0.25, 0.3) is 0 Å². The van der Waals surface area contributed by atoms with Crippen molar-refractivity contribution in [1.29, 1.82) is 0 Å². The number of aromatic nitrogens is 3. The van der Waals surface area contributed by atoms with Crippen LogP contribution in [0.1, 0.15) is 21.6 Å². The highest BCUT2D eigenvalue weighted by Gasteiger charge is 2.24. The van der Waals surface area contributed by atoms with Crippen LogP contribution in [0.3, 0.4) is 0 Å². The Morgan fingerprint density at radius 2 is 1.88 bits per heavy atom. The van der Waals surface area contributed by atoms with Gasteiger partial charge in [0.05, 0.1) is 7.11 Å². The summed E-state index contributed by atoms with van der Waals surface area (Å²) in [6, 6.07) is 3.39. The van der Waals surface area contributed by atoms with Crippen LogP contribution in [0.2, 0.25) is 0 Å². The van der Waals surface area contributed by atoms with Crippen LogP contribution in [0.15, 0.2) is 24.7 Å². The third-order valence-electron chi connectivity index (χ3n) is 4.37. The molecule has 0 radical (unpaired) electrons. The Balaban J connectivity index is 1.68. The molecule has 2 aromatic heterocycles. The van der Waals surface area contributed by atoms with Crippen LogP contribution in [0.5, 0.6) is 5.88 Å². The number of piperazine rings is 1. The van der Waals surface area contributed by atoms with Crippen LogP contribution in [-0.4, -0.2) is 59.0 Å². The van der Waals surface area contributed by atoms with Gasteiger partial charge in [-0.25, -0.2) is 15.0 Å². The maximum absolute atomic E-state index is 12.6. The van der Waals surface area contributed by atoms with Crippen molar-refractivity contribution in [2.24, 2.45) is 0 Å². The predicted molar refractivity (Wildman–Crippen MR) is 90.4 cm³/mol. The number of nitrogens with zero attached hydrogens (tertiary/aromatic N) is 5. The summed E-state index contributed by atoms with van der Waals surface area (Å²) in [4.78, 5) is 29.3. The van der Waals surface area contributed by atoms with E-state index in [9.17, 15) is 4.79 Å². The van der Waals surface area contributed by atoms with Gasteiger partial charge in [0.25, 0.3) is 5.91 Å². The second-order valence-corrected chi connectivity index (χ2v) is 5.77. The summed E-state index contributed by atoms with van der Waals surface area (Å²) >= 11 is 0. The highest BCUT2D eigenvalue weighted by Crippen LogP contribution is 2.20. The van der Waals surface area contributed by atoms with E-state index in [-0.39, 0.29) is 5.91 Å². The number of carbonyl (C=O) groups is 1. The van der Waals surface area contributed by atoms with Crippen molar-refractivity contribution in [1.82, 2.24) is 19.9 Å². The molecule has 24 heavy (non-hydrogen) atoms. The van der Waals surface area contributed by atoms with Gasteiger partial charge in [-0.2, -0.15) is 0 Å². The van der Waals surface area contributed by atoms with Crippen molar-refractivity contribution in [3.8, 4) is 5.88 Å². The molecule has 1 aliphatic rings. The van der Waals surface area contributed by atoms with E-state index >= 15 is 0 Å². The number of ether oxygens (including phenoxy) is 1. The van der Waals surface area contributed by atoms with Crippen LogP contribution < -0.4 is 9.64 Å². The average Bonchev–Trinajstić information content (AvgIpc) is 2.63. The molecule has 3 heterocycles. The first-order chi connectivity index (χ1) is 11.6. The number of anilines is 1. The molecular formula is C17H21N5O2. The first kappa shape index (κ1) is 16.2. The van der Waals surface area contributed by atoms with Gasteiger partial charge >= 0.3 is 0 Å². The number of hydrogen-bond acceptors (Lipinski definition) is 6. The van der Waals surface area contributed by atoms with E-state index in [1.807, 2.05) is 18.7 Å². The number of methoxy groups -OCH3 is 1. The molecule has 1 saturated heterocycles. The zero-order valence-electron chi connectivity index (χ0n) is 14.2. The molecule has 1 fully saturated rings. The van der Waals surface area contributed by atoms with E-state index in [1.54, 1.807) is 31.8 Å². The van der Waals surface area contributed by atoms with Gasteiger partial charge in [-0.15, -0.1) is 0 Å². The Hall–Kier alpha value is -2.70. The Morgan fingerprint density at radius 3 is 2.58 bits per heavy atom. The minimum atomic E-state index is 0.00550. The number of carbonyl (C=O) groups excluding carboxylic acids is 1. The van der Waals surface area contributed by atoms with E-state index in [1.165, 1.54) is 0 Å². The fourth-order valence-electron chi connectivity index (χ4n) is 2.80. The largest absolute Gasteiger partial charge is 0.481 e. The van der Waals surface area contributed by atoms with Crippen molar-refractivity contribution in [3.05, 3.63) is 41.5 Å². The van der Waals surface area contributed by atoms with Gasteiger partial charge in [0.1, 0.15) is 12.1 Å². The zero-order chi connectivity index (χ0) is 17.1. The van der Waals surface area contributed by atoms with Crippen LogP contribution >= 0.6 is 0 Å². The van der Waals surface area contributed by atoms with Gasteiger partial charge in [-0.1, -0.05) is 0 Å². The van der Waals surface area contributed by atoms with E-state index in [2.05, 4.69) is 19.9 Å². The fourth-order valence-corrected chi connectivity index (χ4v) is 2.80. The SMILES string of the molecule is COc1cc(C(=O)N2CCN(c3ncnc(C)c3C)CC2)ccn1. The molecule has 0 saturated carbocycles. The minimum absolute atomic E-state index is 0.00550. The molecule has 126 valence electrons. The average molecular weight is 327 g/mol. The lowest BCUT2D eigenvalue weighted by molar-refractivity contribution is 0.0746. The standard InChI is InChI=1S/C17H21N5O2/c1-12-13(2)19-11-20-16(12)21-6-8-22(9-7-21)17(23)14-4-5-18-15(10-14)24-3/h4-5,10-11H,6-9H2,1-3H3. The van der Waals surface area contributed by atoms with Gasteiger partial charge in [-0.3, -0.25) is 4.79 Å². The number of aryl methyl sites for hydroxylation is 1. The number of rotatable bonds is 3. The van der Waals surface area contributed by atoms with Crippen LogP contribution in [-0.2, 0) is 0 Å². The van der Waals surface area contributed by atoms with Crippen molar-refractivity contribution < 1.29 is 9.53 Å². The van der Waals surface area contributed by atoms with Crippen molar-refractivity contribution in [2.45, 2.75) is 13.8 Å². The third kappa shape index (κ3) is 3.15.